The first kappa shape index (κ1) is 17.2. The number of carbonyl (C=O) groups is 1. The zero-order valence-corrected chi connectivity index (χ0v) is 14.6. The van der Waals surface area contributed by atoms with E-state index in [0.29, 0.717) is 12.5 Å². The molecule has 24 heavy (non-hydrogen) atoms. The molecular weight excluding hydrogens is 320 g/mol. The van der Waals surface area contributed by atoms with Gasteiger partial charge in [-0.2, -0.15) is 0 Å². The van der Waals surface area contributed by atoms with Crippen LogP contribution < -0.4 is 10.6 Å². The van der Waals surface area contributed by atoms with Crippen molar-refractivity contribution < 1.29 is 4.79 Å². The van der Waals surface area contributed by atoms with Gasteiger partial charge in [0, 0.05) is 24.2 Å². The van der Waals surface area contributed by atoms with Crippen LogP contribution in [0.1, 0.15) is 23.6 Å². The second-order valence-corrected chi connectivity index (χ2v) is 6.89. The Morgan fingerprint density at radius 2 is 1.92 bits per heavy atom. The lowest BCUT2D eigenvalue weighted by Gasteiger charge is -2.28. The molecule has 0 unspecified atom stereocenters. The first-order valence-electron chi connectivity index (χ1n) is 8.40. The summed E-state index contributed by atoms with van der Waals surface area (Å²) in [6.45, 7) is 3.33. The van der Waals surface area contributed by atoms with Gasteiger partial charge in [0.2, 0.25) is 0 Å². The third kappa shape index (κ3) is 4.44. The number of benzene rings is 2. The quantitative estimate of drug-likeness (QED) is 0.847. The summed E-state index contributed by atoms with van der Waals surface area (Å²) in [7, 11) is 0. The molecule has 1 aliphatic heterocycles. The van der Waals surface area contributed by atoms with Crippen molar-refractivity contribution in [2.75, 3.05) is 6.54 Å². The van der Waals surface area contributed by atoms with Gasteiger partial charge in [0.25, 0.3) is 0 Å². The Morgan fingerprint density at radius 1 is 1.21 bits per heavy atom. The topological polar surface area (TPSA) is 41.1 Å². The molecule has 0 radical (unpaired) electrons. The van der Waals surface area contributed by atoms with Gasteiger partial charge < -0.3 is 10.6 Å². The molecule has 0 aromatic heterocycles. The first-order chi connectivity index (χ1) is 11.6. The number of fused-ring (bicyclic) bond motifs is 1. The summed E-state index contributed by atoms with van der Waals surface area (Å²) in [6.07, 6.45) is 1.69. The van der Waals surface area contributed by atoms with Crippen LogP contribution in [-0.4, -0.2) is 24.4 Å². The highest BCUT2D eigenvalue weighted by molar-refractivity contribution is 6.30. The zero-order chi connectivity index (χ0) is 16.9. The molecular formula is C20H23ClN2O. The second kappa shape index (κ2) is 7.93. The molecule has 0 bridgehead atoms. The van der Waals surface area contributed by atoms with E-state index in [1.54, 1.807) is 6.92 Å². The largest absolute Gasteiger partial charge is 0.308 e. The molecule has 0 amide bonds. The maximum Gasteiger partial charge on any atom is 0.147 e. The van der Waals surface area contributed by atoms with E-state index in [1.807, 2.05) is 24.3 Å². The highest BCUT2D eigenvalue weighted by Gasteiger charge is 2.20. The van der Waals surface area contributed by atoms with Crippen molar-refractivity contribution >= 4 is 17.4 Å². The summed E-state index contributed by atoms with van der Waals surface area (Å²) < 4.78 is 0. The third-order valence-electron chi connectivity index (χ3n) is 4.62. The summed E-state index contributed by atoms with van der Waals surface area (Å²) in [5.74, 6) is 0.168. The molecule has 3 nitrogen and oxygen atoms in total. The van der Waals surface area contributed by atoms with Crippen LogP contribution in [-0.2, 0) is 24.2 Å². The number of hydrogen-bond donors (Lipinski definition) is 2. The van der Waals surface area contributed by atoms with E-state index in [1.165, 1.54) is 11.1 Å². The SMILES string of the molecule is CC(=O)[C@@H](Cc1ccc(Cl)cc1)NC[C@@H]1Cc2ccccc2CN1. The van der Waals surface area contributed by atoms with Crippen molar-refractivity contribution in [1.29, 1.82) is 0 Å². The van der Waals surface area contributed by atoms with E-state index < -0.39 is 0 Å². The van der Waals surface area contributed by atoms with Gasteiger partial charge in [0.15, 0.2) is 0 Å². The van der Waals surface area contributed by atoms with E-state index >= 15 is 0 Å². The fraction of sp³-hybridized carbons (Fsp3) is 0.350. The number of rotatable bonds is 6. The molecule has 1 aliphatic rings. The number of halogens is 1. The number of Topliss-reactive ketones (excluding diaryl/α,β-unsaturated/α-hetero) is 1. The van der Waals surface area contributed by atoms with E-state index in [4.69, 9.17) is 11.6 Å². The molecule has 0 fully saturated rings. The Kier molecular flexibility index (Phi) is 5.67. The minimum atomic E-state index is -0.162. The summed E-state index contributed by atoms with van der Waals surface area (Å²) in [5.41, 5.74) is 3.90. The van der Waals surface area contributed by atoms with Gasteiger partial charge in [0.05, 0.1) is 6.04 Å². The van der Waals surface area contributed by atoms with Crippen LogP contribution in [0.3, 0.4) is 0 Å². The molecule has 1 heterocycles. The van der Waals surface area contributed by atoms with Crippen molar-refractivity contribution in [1.82, 2.24) is 10.6 Å². The predicted molar refractivity (Wildman–Crippen MR) is 98.4 cm³/mol. The molecule has 0 saturated heterocycles. The minimum absolute atomic E-state index is 0.162. The number of hydrogen-bond acceptors (Lipinski definition) is 3. The average Bonchev–Trinajstić information content (AvgIpc) is 2.60. The summed E-state index contributed by atoms with van der Waals surface area (Å²) in [4.78, 5) is 12.0. The molecule has 126 valence electrons. The Morgan fingerprint density at radius 3 is 2.62 bits per heavy atom. The summed E-state index contributed by atoms with van der Waals surface area (Å²) in [6, 6.07) is 16.4. The normalized spacial score (nSPS) is 18.0. The van der Waals surface area contributed by atoms with Crippen LogP contribution in [0.5, 0.6) is 0 Å². The van der Waals surface area contributed by atoms with Gasteiger partial charge in [-0.15, -0.1) is 0 Å². The molecule has 0 spiro atoms. The number of carbonyl (C=O) groups excluding carboxylic acids is 1. The van der Waals surface area contributed by atoms with Crippen molar-refractivity contribution in [3.8, 4) is 0 Å². The maximum absolute atomic E-state index is 12.0. The fourth-order valence-electron chi connectivity index (χ4n) is 3.17. The lowest BCUT2D eigenvalue weighted by atomic mass is 9.95. The van der Waals surface area contributed by atoms with Gasteiger partial charge >= 0.3 is 0 Å². The van der Waals surface area contributed by atoms with Gasteiger partial charge in [-0.25, -0.2) is 0 Å². The van der Waals surface area contributed by atoms with Crippen molar-refractivity contribution in [2.45, 2.75) is 38.4 Å². The molecule has 0 aliphatic carbocycles. The smallest absolute Gasteiger partial charge is 0.147 e. The van der Waals surface area contributed by atoms with E-state index in [0.717, 1.165) is 30.1 Å². The van der Waals surface area contributed by atoms with Crippen molar-refractivity contribution in [3.63, 3.8) is 0 Å². The van der Waals surface area contributed by atoms with Crippen LogP contribution in [0.4, 0.5) is 0 Å². The van der Waals surface area contributed by atoms with Crippen molar-refractivity contribution in [3.05, 3.63) is 70.2 Å². The standard InChI is InChI=1S/C20H23ClN2O/c1-14(24)20(10-15-6-8-18(21)9-7-15)23-13-19-11-16-4-2-3-5-17(16)12-22-19/h2-9,19-20,22-23H,10-13H2,1H3/t19-,20+/m0/s1. The highest BCUT2D eigenvalue weighted by Crippen LogP contribution is 2.16. The second-order valence-electron chi connectivity index (χ2n) is 6.45. The fourth-order valence-corrected chi connectivity index (χ4v) is 3.29. The van der Waals surface area contributed by atoms with Crippen LogP contribution in [0.25, 0.3) is 0 Å². The van der Waals surface area contributed by atoms with Crippen LogP contribution >= 0.6 is 11.6 Å². The number of ketones is 1. The Balaban J connectivity index is 1.57. The van der Waals surface area contributed by atoms with E-state index in [9.17, 15) is 4.79 Å². The number of nitrogens with one attached hydrogen (secondary N) is 2. The summed E-state index contributed by atoms with van der Waals surface area (Å²) >= 11 is 5.92. The third-order valence-corrected chi connectivity index (χ3v) is 4.87. The predicted octanol–water partition coefficient (Wildman–Crippen LogP) is 3.14. The molecule has 3 rings (SSSR count). The highest BCUT2D eigenvalue weighted by atomic mass is 35.5. The van der Waals surface area contributed by atoms with Crippen LogP contribution in [0, 0.1) is 0 Å². The molecule has 2 aromatic carbocycles. The lowest BCUT2D eigenvalue weighted by molar-refractivity contribution is -0.119. The first-order valence-corrected chi connectivity index (χ1v) is 8.78. The van der Waals surface area contributed by atoms with Gasteiger partial charge in [-0.1, -0.05) is 48.0 Å². The Hall–Kier alpha value is -1.68. The van der Waals surface area contributed by atoms with Crippen molar-refractivity contribution in [2.24, 2.45) is 0 Å². The average molecular weight is 343 g/mol. The molecule has 2 atom stereocenters. The maximum atomic E-state index is 12.0. The zero-order valence-electron chi connectivity index (χ0n) is 13.9. The van der Waals surface area contributed by atoms with E-state index in [2.05, 4.69) is 34.9 Å². The summed E-state index contributed by atoms with van der Waals surface area (Å²) in [5, 5.41) is 7.71. The van der Waals surface area contributed by atoms with Crippen LogP contribution in [0.15, 0.2) is 48.5 Å². The Labute approximate surface area is 148 Å². The molecule has 4 heteroatoms. The van der Waals surface area contributed by atoms with E-state index in [-0.39, 0.29) is 11.8 Å². The van der Waals surface area contributed by atoms with Gasteiger partial charge in [0.1, 0.15) is 5.78 Å². The molecule has 0 saturated carbocycles. The Bertz CT molecular complexity index is 699. The lowest BCUT2D eigenvalue weighted by Crippen LogP contribution is -2.48. The monoisotopic (exact) mass is 342 g/mol. The van der Waals surface area contributed by atoms with Gasteiger partial charge in [-0.05, 0) is 48.6 Å². The molecule has 2 aromatic rings. The van der Waals surface area contributed by atoms with Crippen LogP contribution in [0.2, 0.25) is 5.02 Å². The minimum Gasteiger partial charge on any atom is -0.308 e. The van der Waals surface area contributed by atoms with Gasteiger partial charge in [-0.3, -0.25) is 4.79 Å². The molecule has 2 N–H and O–H groups in total.